The van der Waals surface area contributed by atoms with E-state index >= 15 is 0 Å². The van der Waals surface area contributed by atoms with Crippen molar-refractivity contribution in [2.24, 2.45) is 0 Å². The highest BCUT2D eigenvalue weighted by Crippen LogP contribution is 2.24. The SMILES string of the molecule is CCc1nc(Cc2ccc(C)c(C)c2)nc(Cl)c1Br. The summed E-state index contributed by atoms with van der Waals surface area (Å²) in [6.07, 6.45) is 1.55. The van der Waals surface area contributed by atoms with Gasteiger partial charge in [0.15, 0.2) is 0 Å². The lowest BCUT2D eigenvalue weighted by Gasteiger charge is -2.08. The number of hydrogen-bond acceptors (Lipinski definition) is 2. The summed E-state index contributed by atoms with van der Waals surface area (Å²) in [6, 6.07) is 6.43. The quantitative estimate of drug-likeness (QED) is 0.760. The van der Waals surface area contributed by atoms with Crippen molar-refractivity contribution in [3.8, 4) is 0 Å². The standard InChI is InChI=1S/C15H16BrClN2/c1-4-12-14(16)15(17)19-13(18-12)8-11-6-5-9(2)10(3)7-11/h5-7H,4,8H2,1-3H3. The highest BCUT2D eigenvalue weighted by molar-refractivity contribution is 9.10. The van der Waals surface area contributed by atoms with Gasteiger partial charge in [0, 0.05) is 6.42 Å². The van der Waals surface area contributed by atoms with Gasteiger partial charge in [-0.2, -0.15) is 0 Å². The highest BCUT2D eigenvalue weighted by atomic mass is 79.9. The predicted octanol–water partition coefficient (Wildman–Crippen LogP) is 4.66. The normalized spacial score (nSPS) is 10.8. The molecule has 1 aromatic heterocycles. The molecule has 1 aromatic carbocycles. The fraction of sp³-hybridized carbons (Fsp3) is 0.333. The van der Waals surface area contributed by atoms with Gasteiger partial charge in [0.25, 0.3) is 0 Å². The number of benzene rings is 1. The zero-order chi connectivity index (χ0) is 14.0. The summed E-state index contributed by atoms with van der Waals surface area (Å²) in [5, 5.41) is 0.491. The first-order valence-corrected chi connectivity index (χ1v) is 7.45. The third kappa shape index (κ3) is 3.34. The first kappa shape index (κ1) is 14.5. The van der Waals surface area contributed by atoms with Crippen molar-refractivity contribution in [3.63, 3.8) is 0 Å². The van der Waals surface area contributed by atoms with Gasteiger partial charge in [-0.1, -0.05) is 36.7 Å². The van der Waals surface area contributed by atoms with Crippen molar-refractivity contribution in [1.29, 1.82) is 0 Å². The van der Waals surface area contributed by atoms with Gasteiger partial charge in [-0.3, -0.25) is 0 Å². The van der Waals surface area contributed by atoms with E-state index in [4.69, 9.17) is 11.6 Å². The number of hydrogen-bond donors (Lipinski definition) is 0. The molecular formula is C15H16BrClN2. The summed E-state index contributed by atoms with van der Waals surface area (Å²) >= 11 is 9.55. The Balaban J connectivity index is 2.32. The number of aryl methyl sites for hydroxylation is 3. The zero-order valence-corrected chi connectivity index (χ0v) is 13.6. The van der Waals surface area contributed by atoms with E-state index in [-0.39, 0.29) is 0 Å². The molecule has 0 fully saturated rings. The maximum atomic E-state index is 6.12. The largest absolute Gasteiger partial charge is 0.236 e. The van der Waals surface area contributed by atoms with Gasteiger partial charge in [0.2, 0.25) is 0 Å². The summed E-state index contributed by atoms with van der Waals surface area (Å²) in [7, 11) is 0. The summed E-state index contributed by atoms with van der Waals surface area (Å²) in [6.45, 7) is 6.29. The fourth-order valence-corrected chi connectivity index (χ4v) is 2.59. The second-order valence-corrected chi connectivity index (χ2v) is 5.79. The maximum absolute atomic E-state index is 6.12. The van der Waals surface area contributed by atoms with E-state index in [2.05, 4.69) is 64.9 Å². The molecule has 0 aliphatic carbocycles. The number of halogens is 2. The van der Waals surface area contributed by atoms with Crippen LogP contribution in [-0.4, -0.2) is 9.97 Å². The molecule has 1 heterocycles. The van der Waals surface area contributed by atoms with E-state index in [9.17, 15) is 0 Å². The van der Waals surface area contributed by atoms with Crippen LogP contribution in [-0.2, 0) is 12.8 Å². The first-order valence-electron chi connectivity index (χ1n) is 6.28. The fourth-order valence-electron chi connectivity index (χ4n) is 1.92. The predicted molar refractivity (Wildman–Crippen MR) is 82.8 cm³/mol. The molecule has 19 heavy (non-hydrogen) atoms. The molecule has 0 spiro atoms. The van der Waals surface area contributed by atoms with Crippen molar-refractivity contribution in [2.75, 3.05) is 0 Å². The van der Waals surface area contributed by atoms with E-state index in [1.54, 1.807) is 0 Å². The molecule has 2 rings (SSSR count). The Hall–Kier alpha value is -0.930. The summed E-state index contributed by atoms with van der Waals surface area (Å²) in [5.74, 6) is 0.772. The Labute approximate surface area is 127 Å². The van der Waals surface area contributed by atoms with Crippen LogP contribution in [0.1, 0.15) is 35.1 Å². The Morgan fingerprint density at radius 2 is 1.89 bits per heavy atom. The van der Waals surface area contributed by atoms with Gasteiger partial charge in [-0.25, -0.2) is 9.97 Å². The lowest BCUT2D eigenvalue weighted by molar-refractivity contribution is 0.895. The molecule has 0 aliphatic heterocycles. The average Bonchev–Trinajstić information content (AvgIpc) is 2.38. The summed E-state index contributed by atoms with van der Waals surface area (Å²) < 4.78 is 0.806. The van der Waals surface area contributed by atoms with Gasteiger partial charge < -0.3 is 0 Å². The van der Waals surface area contributed by atoms with Crippen molar-refractivity contribution >= 4 is 27.5 Å². The molecule has 0 unspecified atom stereocenters. The molecule has 0 aliphatic rings. The second kappa shape index (κ2) is 6.02. The van der Waals surface area contributed by atoms with Crippen LogP contribution in [0.2, 0.25) is 5.15 Å². The zero-order valence-electron chi connectivity index (χ0n) is 11.3. The van der Waals surface area contributed by atoms with Gasteiger partial charge in [0.05, 0.1) is 10.2 Å². The molecule has 0 saturated heterocycles. The Kier molecular flexibility index (Phi) is 4.58. The van der Waals surface area contributed by atoms with Crippen LogP contribution in [0.4, 0.5) is 0 Å². The minimum absolute atomic E-state index is 0.491. The van der Waals surface area contributed by atoms with Crippen molar-refractivity contribution in [3.05, 3.63) is 56.0 Å². The van der Waals surface area contributed by atoms with E-state index in [1.807, 2.05) is 0 Å². The number of nitrogens with zero attached hydrogens (tertiary/aromatic N) is 2. The van der Waals surface area contributed by atoms with Crippen LogP contribution in [0, 0.1) is 13.8 Å². The third-order valence-corrected chi connectivity index (χ3v) is 4.53. The Bertz CT molecular complexity index is 611. The maximum Gasteiger partial charge on any atom is 0.147 e. The lowest BCUT2D eigenvalue weighted by Crippen LogP contribution is -2.02. The van der Waals surface area contributed by atoms with Crippen LogP contribution in [0.3, 0.4) is 0 Å². The van der Waals surface area contributed by atoms with E-state index in [1.165, 1.54) is 16.7 Å². The van der Waals surface area contributed by atoms with Crippen LogP contribution >= 0.6 is 27.5 Å². The second-order valence-electron chi connectivity index (χ2n) is 4.64. The summed E-state index contributed by atoms with van der Waals surface area (Å²) in [4.78, 5) is 8.89. The van der Waals surface area contributed by atoms with E-state index in [0.717, 1.165) is 22.4 Å². The monoisotopic (exact) mass is 338 g/mol. The molecule has 2 nitrogen and oxygen atoms in total. The first-order chi connectivity index (χ1) is 9.01. The molecule has 0 bridgehead atoms. The lowest BCUT2D eigenvalue weighted by atomic mass is 10.0. The molecule has 100 valence electrons. The Morgan fingerprint density at radius 3 is 2.53 bits per heavy atom. The van der Waals surface area contributed by atoms with Crippen molar-refractivity contribution in [1.82, 2.24) is 9.97 Å². The third-order valence-electron chi connectivity index (χ3n) is 3.19. The number of rotatable bonds is 3. The molecule has 4 heteroatoms. The molecule has 0 N–H and O–H groups in total. The average molecular weight is 340 g/mol. The van der Waals surface area contributed by atoms with E-state index < -0.39 is 0 Å². The van der Waals surface area contributed by atoms with Gasteiger partial charge >= 0.3 is 0 Å². The summed E-state index contributed by atoms with van der Waals surface area (Å²) in [5.41, 5.74) is 4.76. The van der Waals surface area contributed by atoms with Crippen LogP contribution in [0.15, 0.2) is 22.7 Å². The van der Waals surface area contributed by atoms with Crippen LogP contribution in [0.25, 0.3) is 0 Å². The van der Waals surface area contributed by atoms with E-state index in [0.29, 0.717) is 11.6 Å². The van der Waals surface area contributed by atoms with Crippen LogP contribution < -0.4 is 0 Å². The number of aromatic nitrogens is 2. The minimum atomic E-state index is 0.491. The topological polar surface area (TPSA) is 25.8 Å². The molecule has 2 aromatic rings. The molecular weight excluding hydrogens is 324 g/mol. The minimum Gasteiger partial charge on any atom is -0.236 e. The smallest absolute Gasteiger partial charge is 0.147 e. The molecule has 0 radical (unpaired) electrons. The van der Waals surface area contributed by atoms with Gasteiger partial charge in [0.1, 0.15) is 11.0 Å². The van der Waals surface area contributed by atoms with Crippen molar-refractivity contribution in [2.45, 2.75) is 33.6 Å². The van der Waals surface area contributed by atoms with Crippen molar-refractivity contribution < 1.29 is 0 Å². The van der Waals surface area contributed by atoms with Gasteiger partial charge in [-0.15, -0.1) is 0 Å². The Morgan fingerprint density at radius 1 is 1.16 bits per heavy atom. The van der Waals surface area contributed by atoms with Gasteiger partial charge in [-0.05, 0) is 52.9 Å². The highest BCUT2D eigenvalue weighted by Gasteiger charge is 2.10. The molecule has 0 saturated carbocycles. The molecule has 0 atom stereocenters. The molecule has 0 amide bonds. The van der Waals surface area contributed by atoms with Crippen LogP contribution in [0.5, 0.6) is 0 Å².